The zero-order chi connectivity index (χ0) is 34.6. The number of hydrogen-bond donors (Lipinski definition) is 0. The molecule has 0 radical (unpaired) electrons. The van der Waals surface area contributed by atoms with Crippen molar-refractivity contribution in [1.29, 1.82) is 0 Å². The molecule has 0 atom stereocenters. The average Bonchev–Trinajstić information content (AvgIpc) is 3.37. The van der Waals surface area contributed by atoms with Gasteiger partial charge in [-0.3, -0.25) is 0 Å². The molecule has 1 aliphatic carbocycles. The molecule has 0 saturated carbocycles. The van der Waals surface area contributed by atoms with E-state index < -0.39 is 16.1 Å². The lowest BCUT2D eigenvalue weighted by Gasteiger charge is -2.41. The third kappa shape index (κ3) is 5.75. The fourth-order valence-electron chi connectivity index (χ4n) is 7.74. The lowest BCUT2D eigenvalue weighted by molar-refractivity contribution is 0.368. The number of hydrogen-bond acceptors (Lipinski definition) is 1. The fraction of sp³-hybridized carbons (Fsp3) is 0.289. The summed E-state index contributed by atoms with van der Waals surface area (Å²) < 4.78 is 6.84. The van der Waals surface area contributed by atoms with Gasteiger partial charge in [0, 0.05) is 5.54 Å². The first kappa shape index (κ1) is 34.0. The van der Waals surface area contributed by atoms with E-state index in [9.17, 15) is 0 Å². The van der Waals surface area contributed by atoms with Crippen LogP contribution in [0, 0.1) is 20.8 Å². The molecule has 6 rings (SSSR count). The van der Waals surface area contributed by atoms with Crippen LogP contribution in [0.3, 0.4) is 0 Å². The highest BCUT2D eigenvalue weighted by Gasteiger charge is 2.46. The summed E-state index contributed by atoms with van der Waals surface area (Å²) in [5, 5.41) is 3.04. The fourth-order valence-corrected chi connectivity index (χ4v) is 13.8. The van der Waals surface area contributed by atoms with Crippen LogP contribution in [0.1, 0.15) is 54.1 Å². The van der Waals surface area contributed by atoms with Crippen molar-refractivity contribution in [2.24, 2.45) is 0 Å². The van der Waals surface area contributed by atoms with Crippen LogP contribution in [0.5, 0.6) is 5.75 Å². The van der Waals surface area contributed by atoms with Gasteiger partial charge in [0.25, 0.3) is 0 Å². The summed E-state index contributed by atoms with van der Waals surface area (Å²) >= 11 is 0. The first-order valence-corrected chi connectivity index (χ1v) is 23.5. The largest absolute Gasteiger partial charge is 0.490 e. The molecule has 0 aliphatic heterocycles. The zero-order valence-corrected chi connectivity index (χ0v) is 32.7. The molecule has 0 bridgehead atoms. The molecule has 3 heteroatoms. The maximum Gasteiger partial charge on any atom is 0.118 e. The maximum absolute atomic E-state index is 6.84. The Morgan fingerprint density at radius 2 is 1.12 bits per heavy atom. The summed E-state index contributed by atoms with van der Waals surface area (Å²) in [5.74, 6) is 1.13. The molecule has 5 aromatic carbocycles. The zero-order valence-electron chi connectivity index (χ0n) is 30.7. The summed E-state index contributed by atoms with van der Waals surface area (Å²) in [5.41, 5.74) is 15.1. The molecular weight excluding hydrogens is 613 g/mol. The van der Waals surface area contributed by atoms with E-state index in [4.69, 9.17) is 4.74 Å². The van der Waals surface area contributed by atoms with Gasteiger partial charge in [0.1, 0.15) is 12.4 Å². The molecular formula is C45H52OSi2. The van der Waals surface area contributed by atoms with Gasteiger partial charge in [0.15, 0.2) is 0 Å². The van der Waals surface area contributed by atoms with Gasteiger partial charge in [-0.15, -0.1) is 0 Å². The molecule has 1 aliphatic rings. The first-order valence-electron chi connectivity index (χ1n) is 17.5. The quantitative estimate of drug-likeness (QED) is 0.118. The monoisotopic (exact) mass is 664 g/mol. The Morgan fingerprint density at radius 1 is 0.646 bits per heavy atom. The summed E-state index contributed by atoms with van der Waals surface area (Å²) in [4.78, 5) is 0. The minimum atomic E-state index is -2.36. The van der Waals surface area contributed by atoms with E-state index in [2.05, 4.69) is 171 Å². The highest BCUT2D eigenvalue weighted by atomic mass is 28.3. The van der Waals surface area contributed by atoms with Crippen molar-refractivity contribution >= 4 is 26.5 Å². The second-order valence-corrected chi connectivity index (χ2v) is 25.9. The van der Waals surface area contributed by atoms with Gasteiger partial charge in [-0.1, -0.05) is 162 Å². The van der Waals surface area contributed by atoms with E-state index in [0.29, 0.717) is 6.61 Å². The van der Waals surface area contributed by atoms with Crippen LogP contribution in [0.2, 0.25) is 31.2 Å². The summed E-state index contributed by atoms with van der Waals surface area (Å²) in [6.07, 6.45) is 1.90. The highest BCUT2D eigenvalue weighted by Crippen LogP contribution is 2.52. The predicted molar refractivity (Wildman–Crippen MR) is 215 cm³/mol. The van der Waals surface area contributed by atoms with Crippen molar-refractivity contribution in [2.75, 3.05) is 6.61 Å². The van der Waals surface area contributed by atoms with Crippen molar-refractivity contribution in [2.45, 2.75) is 78.3 Å². The minimum absolute atomic E-state index is 0.174. The SMILES string of the molecule is C=CCOc1c([Si](C)(C)C2c3cc(-c4ccccc4C)ccc3-c3ccc(-c4ccccc4C)cc32)cc(C)cc1[Si](C)(C)C(C)(C)C. The van der Waals surface area contributed by atoms with Crippen molar-refractivity contribution in [1.82, 2.24) is 0 Å². The normalized spacial score (nSPS) is 13.3. The minimum Gasteiger partial charge on any atom is -0.490 e. The molecule has 0 spiro atoms. The van der Waals surface area contributed by atoms with E-state index in [1.165, 1.54) is 71.6 Å². The summed E-state index contributed by atoms with van der Waals surface area (Å²) in [6.45, 7) is 28.7. The lowest BCUT2D eigenvalue weighted by Crippen LogP contribution is -2.55. The van der Waals surface area contributed by atoms with Gasteiger partial charge in [-0.05, 0) is 91.8 Å². The lowest BCUT2D eigenvalue weighted by atomic mass is 9.95. The van der Waals surface area contributed by atoms with Gasteiger partial charge in [0.2, 0.25) is 0 Å². The average molecular weight is 665 g/mol. The molecule has 48 heavy (non-hydrogen) atoms. The van der Waals surface area contributed by atoms with Crippen LogP contribution in [0.25, 0.3) is 33.4 Å². The van der Waals surface area contributed by atoms with Crippen LogP contribution in [-0.2, 0) is 0 Å². The smallest absolute Gasteiger partial charge is 0.118 e. The van der Waals surface area contributed by atoms with Crippen LogP contribution in [-0.4, -0.2) is 22.8 Å². The molecule has 0 amide bonds. The van der Waals surface area contributed by atoms with E-state index in [1.807, 2.05) is 6.08 Å². The van der Waals surface area contributed by atoms with E-state index in [0.717, 1.165) is 5.75 Å². The van der Waals surface area contributed by atoms with Crippen LogP contribution >= 0.6 is 0 Å². The van der Waals surface area contributed by atoms with Crippen molar-refractivity contribution in [3.05, 3.63) is 138 Å². The molecule has 1 nitrogen and oxygen atoms in total. The Morgan fingerprint density at radius 3 is 1.58 bits per heavy atom. The second kappa shape index (κ2) is 12.5. The third-order valence-corrected chi connectivity index (χ3v) is 20.8. The van der Waals surface area contributed by atoms with Gasteiger partial charge in [-0.25, -0.2) is 0 Å². The topological polar surface area (TPSA) is 9.23 Å². The van der Waals surface area contributed by atoms with Crippen LogP contribution in [0.15, 0.2) is 110 Å². The molecule has 0 unspecified atom stereocenters. The number of aryl methyl sites for hydroxylation is 3. The van der Waals surface area contributed by atoms with Crippen LogP contribution in [0.4, 0.5) is 0 Å². The first-order chi connectivity index (χ1) is 22.7. The molecule has 5 aromatic rings. The van der Waals surface area contributed by atoms with Gasteiger partial charge >= 0.3 is 0 Å². The maximum atomic E-state index is 6.84. The number of rotatable bonds is 8. The molecule has 0 heterocycles. The van der Waals surface area contributed by atoms with Crippen molar-refractivity contribution in [3.63, 3.8) is 0 Å². The van der Waals surface area contributed by atoms with Gasteiger partial charge < -0.3 is 4.74 Å². The predicted octanol–water partition coefficient (Wildman–Crippen LogP) is 11.5. The van der Waals surface area contributed by atoms with Gasteiger partial charge in [0.05, 0.1) is 16.1 Å². The van der Waals surface area contributed by atoms with Crippen molar-refractivity contribution in [3.8, 4) is 39.1 Å². The highest BCUT2D eigenvalue weighted by molar-refractivity contribution is 6.95. The van der Waals surface area contributed by atoms with E-state index in [-0.39, 0.29) is 10.6 Å². The molecule has 0 N–H and O–H groups in total. The van der Waals surface area contributed by atoms with E-state index in [1.54, 1.807) is 0 Å². The number of ether oxygens (including phenoxy) is 1. The Balaban J connectivity index is 1.64. The standard InChI is InChI=1S/C45H52OSi2/c1-12-25-46-43-41(26-30(2)27-42(43)48(10,11)45(5,6)7)47(8,9)44-39-28-33(35-19-15-13-17-31(35)3)21-23-37(39)38-24-22-34(29-40(38)44)36-20-16-14-18-32(36)4/h12-24,26-29,44H,1,25H2,2-11H3. The Bertz CT molecular complexity index is 1930. The summed E-state index contributed by atoms with van der Waals surface area (Å²) in [7, 11) is -4.31. The molecule has 0 fully saturated rings. The second-order valence-electron chi connectivity index (χ2n) is 16.1. The van der Waals surface area contributed by atoms with Crippen molar-refractivity contribution < 1.29 is 4.74 Å². The summed E-state index contributed by atoms with van der Waals surface area (Å²) in [6, 6.07) is 36.9. The Hall–Kier alpha value is -3.93. The molecule has 0 saturated heterocycles. The Kier molecular flexibility index (Phi) is 8.85. The number of fused-ring (bicyclic) bond motifs is 3. The van der Waals surface area contributed by atoms with E-state index >= 15 is 0 Å². The molecule has 0 aromatic heterocycles. The Labute approximate surface area is 291 Å². The van der Waals surface area contributed by atoms with Crippen LogP contribution < -0.4 is 15.1 Å². The van der Waals surface area contributed by atoms with Gasteiger partial charge in [-0.2, -0.15) is 0 Å². The number of benzene rings is 5. The molecule has 246 valence electrons. The third-order valence-electron chi connectivity index (χ3n) is 11.5.